The molecular formula is C6H11NO4S. The summed E-state index contributed by atoms with van der Waals surface area (Å²) in [6, 6.07) is 0. The Hall–Kier alpha value is -0.880. The Bertz CT molecular complexity index is 280. The van der Waals surface area contributed by atoms with Crippen LogP contribution in [0, 0.1) is 0 Å². The van der Waals surface area contributed by atoms with Gasteiger partial charge in [-0.2, -0.15) is 8.42 Å². The van der Waals surface area contributed by atoms with Gasteiger partial charge in [0.2, 0.25) is 5.91 Å². The lowest BCUT2D eigenvalue weighted by Crippen LogP contribution is -2.29. The van der Waals surface area contributed by atoms with E-state index in [1.807, 2.05) is 0 Å². The minimum Gasteiger partial charge on any atom is -0.351 e. The van der Waals surface area contributed by atoms with Crippen LogP contribution in [0.25, 0.3) is 0 Å². The van der Waals surface area contributed by atoms with Crippen molar-refractivity contribution in [3.63, 3.8) is 0 Å². The number of carbonyl (C=O) groups is 1. The Morgan fingerprint density at radius 3 is 2.42 bits per heavy atom. The van der Waals surface area contributed by atoms with Crippen LogP contribution in [0.2, 0.25) is 0 Å². The van der Waals surface area contributed by atoms with Gasteiger partial charge in [0.25, 0.3) is 10.1 Å². The number of hydrogen-bond donors (Lipinski definition) is 2. The Morgan fingerprint density at radius 2 is 2.08 bits per heavy atom. The first-order valence-electron chi connectivity index (χ1n) is 3.22. The zero-order valence-electron chi connectivity index (χ0n) is 6.70. The van der Waals surface area contributed by atoms with Gasteiger partial charge in [0.05, 0.1) is 5.75 Å². The van der Waals surface area contributed by atoms with Gasteiger partial charge in [0.1, 0.15) is 0 Å². The van der Waals surface area contributed by atoms with E-state index in [-0.39, 0.29) is 6.54 Å². The zero-order valence-corrected chi connectivity index (χ0v) is 7.52. The normalized spacial score (nSPS) is 10.8. The summed E-state index contributed by atoms with van der Waals surface area (Å²) in [7, 11) is -3.99. The number of carbonyl (C=O) groups excluding carboxylic acids is 1. The first kappa shape index (κ1) is 11.1. The van der Waals surface area contributed by atoms with E-state index < -0.39 is 21.8 Å². The average molecular weight is 193 g/mol. The maximum atomic E-state index is 10.7. The molecule has 0 aliphatic rings. The molecule has 0 bridgehead atoms. The van der Waals surface area contributed by atoms with Crippen LogP contribution in [-0.2, 0) is 14.9 Å². The van der Waals surface area contributed by atoms with Gasteiger partial charge in [-0.3, -0.25) is 9.35 Å². The molecule has 0 fully saturated rings. The van der Waals surface area contributed by atoms with E-state index in [1.165, 1.54) is 6.92 Å². The Kier molecular flexibility index (Phi) is 3.91. The molecule has 2 N–H and O–H groups in total. The second-order valence-corrected chi connectivity index (χ2v) is 3.89. The Morgan fingerprint density at radius 1 is 1.58 bits per heavy atom. The lowest BCUT2D eigenvalue weighted by atomic mass is 10.3. The number of hydrogen-bond acceptors (Lipinski definition) is 3. The summed E-state index contributed by atoms with van der Waals surface area (Å²) in [5.74, 6) is -0.898. The van der Waals surface area contributed by atoms with E-state index in [0.717, 1.165) is 0 Å². The van der Waals surface area contributed by atoms with E-state index in [9.17, 15) is 13.2 Å². The van der Waals surface area contributed by atoms with Crippen LogP contribution in [0.3, 0.4) is 0 Å². The standard InChI is InChI=1S/C6H11NO4S/c1-5(2)6(8)7-3-4-12(9,10)11/h1,3-4H2,2H3,(H,7,8)(H,9,10,11). The van der Waals surface area contributed by atoms with Gasteiger partial charge >= 0.3 is 0 Å². The topological polar surface area (TPSA) is 83.5 Å². The fraction of sp³-hybridized carbons (Fsp3) is 0.500. The summed E-state index contributed by atoms with van der Waals surface area (Å²) >= 11 is 0. The zero-order chi connectivity index (χ0) is 9.78. The van der Waals surface area contributed by atoms with E-state index in [2.05, 4.69) is 11.9 Å². The predicted octanol–water partition coefficient (Wildman–Crippen LogP) is -0.433. The maximum Gasteiger partial charge on any atom is 0.266 e. The van der Waals surface area contributed by atoms with Crippen molar-refractivity contribution in [1.29, 1.82) is 0 Å². The molecule has 0 saturated heterocycles. The van der Waals surface area contributed by atoms with Gasteiger partial charge in [0, 0.05) is 12.1 Å². The third kappa shape index (κ3) is 5.87. The Labute approximate surface area is 71.2 Å². The second kappa shape index (κ2) is 4.22. The highest BCUT2D eigenvalue weighted by atomic mass is 32.2. The van der Waals surface area contributed by atoms with Crippen molar-refractivity contribution in [2.45, 2.75) is 6.92 Å². The lowest BCUT2D eigenvalue weighted by Gasteiger charge is -2.01. The van der Waals surface area contributed by atoms with Crippen LogP contribution in [0.5, 0.6) is 0 Å². The molecule has 5 nitrogen and oxygen atoms in total. The lowest BCUT2D eigenvalue weighted by molar-refractivity contribution is -0.117. The van der Waals surface area contributed by atoms with Crippen molar-refractivity contribution in [1.82, 2.24) is 5.32 Å². The largest absolute Gasteiger partial charge is 0.351 e. The number of amides is 1. The molecule has 0 aliphatic heterocycles. The van der Waals surface area contributed by atoms with Crippen molar-refractivity contribution < 1.29 is 17.8 Å². The Balaban J connectivity index is 3.73. The van der Waals surface area contributed by atoms with E-state index in [4.69, 9.17) is 4.55 Å². The fourth-order valence-corrected chi connectivity index (χ4v) is 0.804. The molecule has 0 spiro atoms. The van der Waals surface area contributed by atoms with Crippen LogP contribution in [0.4, 0.5) is 0 Å². The van der Waals surface area contributed by atoms with Crippen LogP contribution in [0.15, 0.2) is 12.2 Å². The highest BCUT2D eigenvalue weighted by Crippen LogP contribution is 1.85. The second-order valence-electron chi connectivity index (χ2n) is 2.32. The highest BCUT2D eigenvalue weighted by Gasteiger charge is 2.05. The first-order valence-corrected chi connectivity index (χ1v) is 4.82. The van der Waals surface area contributed by atoms with Gasteiger partial charge in [-0.1, -0.05) is 6.58 Å². The van der Waals surface area contributed by atoms with Gasteiger partial charge in [-0.15, -0.1) is 0 Å². The van der Waals surface area contributed by atoms with E-state index in [0.29, 0.717) is 5.57 Å². The summed E-state index contributed by atoms with van der Waals surface area (Å²) in [5, 5.41) is 2.26. The summed E-state index contributed by atoms with van der Waals surface area (Å²) in [6.07, 6.45) is 0. The van der Waals surface area contributed by atoms with E-state index >= 15 is 0 Å². The van der Waals surface area contributed by atoms with E-state index in [1.54, 1.807) is 0 Å². The van der Waals surface area contributed by atoms with Gasteiger partial charge < -0.3 is 5.32 Å². The maximum absolute atomic E-state index is 10.7. The highest BCUT2D eigenvalue weighted by molar-refractivity contribution is 7.85. The molecule has 6 heteroatoms. The first-order chi connectivity index (χ1) is 5.33. The summed E-state index contributed by atoms with van der Waals surface area (Å²) < 4.78 is 28.6. The molecule has 0 heterocycles. The minimum absolute atomic E-state index is 0.107. The molecule has 0 aromatic heterocycles. The molecule has 0 aliphatic carbocycles. The summed E-state index contributed by atoms with van der Waals surface area (Å²) in [4.78, 5) is 10.7. The predicted molar refractivity (Wildman–Crippen MR) is 44.2 cm³/mol. The molecule has 0 aromatic carbocycles. The monoisotopic (exact) mass is 193 g/mol. The number of nitrogens with one attached hydrogen (secondary N) is 1. The molecule has 70 valence electrons. The number of rotatable bonds is 4. The van der Waals surface area contributed by atoms with Crippen molar-refractivity contribution >= 4 is 16.0 Å². The van der Waals surface area contributed by atoms with Crippen molar-refractivity contribution in [2.75, 3.05) is 12.3 Å². The van der Waals surface area contributed by atoms with Crippen LogP contribution >= 0.6 is 0 Å². The molecule has 0 radical (unpaired) electrons. The molecule has 0 aromatic rings. The average Bonchev–Trinajstić information content (AvgIpc) is 1.84. The third-order valence-electron chi connectivity index (χ3n) is 1.03. The molecular weight excluding hydrogens is 182 g/mol. The molecule has 0 atom stereocenters. The quantitative estimate of drug-likeness (QED) is 0.468. The smallest absolute Gasteiger partial charge is 0.266 e. The molecule has 1 amide bonds. The fourth-order valence-electron chi connectivity index (χ4n) is 0.444. The van der Waals surface area contributed by atoms with Gasteiger partial charge in [-0.25, -0.2) is 0 Å². The van der Waals surface area contributed by atoms with Crippen LogP contribution < -0.4 is 5.32 Å². The minimum atomic E-state index is -3.99. The van der Waals surface area contributed by atoms with Gasteiger partial charge in [0.15, 0.2) is 0 Å². The molecule has 12 heavy (non-hydrogen) atoms. The van der Waals surface area contributed by atoms with Crippen molar-refractivity contribution in [3.05, 3.63) is 12.2 Å². The van der Waals surface area contributed by atoms with Crippen LogP contribution in [0.1, 0.15) is 6.92 Å². The van der Waals surface area contributed by atoms with Crippen molar-refractivity contribution in [3.8, 4) is 0 Å². The summed E-state index contributed by atoms with van der Waals surface area (Å²) in [6.45, 7) is 4.74. The van der Waals surface area contributed by atoms with Gasteiger partial charge in [-0.05, 0) is 6.92 Å². The van der Waals surface area contributed by atoms with Crippen LogP contribution in [-0.4, -0.2) is 31.2 Å². The SMILES string of the molecule is C=C(C)C(=O)NCCS(=O)(=O)O. The molecule has 0 unspecified atom stereocenters. The third-order valence-corrected chi connectivity index (χ3v) is 1.75. The molecule has 0 rings (SSSR count). The summed E-state index contributed by atoms with van der Waals surface area (Å²) in [5.41, 5.74) is 0.297. The molecule has 0 saturated carbocycles. The van der Waals surface area contributed by atoms with Crippen molar-refractivity contribution in [2.24, 2.45) is 0 Å².